The Labute approximate surface area is 151 Å². The van der Waals surface area contributed by atoms with Crippen LogP contribution in [0.25, 0.3) is 0 Å². The molecule has 2 aromatic rings. The first-order chi connectivity index (χ1) is 12.2. The van der Waals surface area contributed by atoms with Gasteiger partial charge in [0.05, 0.1) is 16.3 Å². The maximum absolute atomic E-state index is 12.2. The average molecular weight is 377 g/mol. The van der Waals surface area contributed by atoms with Gasteiger partial charge in [-0.25, -0.2) is 17.9 Å². The molecule has 0 saturated carbocycles. The summed E-state index contributed by atoms with van der Waals surface area (Å²) >= 11 is 0. The summed E-state index contributed by atoms with van der Waals surface area (Å²) in [5.74, 6) is -1.64. The van der Waals surface area contributed by atoms with Crippen molar-refractivity contribution >= 4 is 27.4 Å². The normalized spacial score (nSPS) is 13.0. The number of aromatic hydroxyl groups is 1. The first-order valence-corrected chi connectivity index (χ1v) is 9.31. The van der Waals surface area contributed by atoms with Crippen molar-refractivity contribution in [1.29, 1.82) is 0 Å². The minimum atomic E-state index is -3.59. The van der Waals surface area contributed by atoms with Crippen molar-refractivity contribution in [3.63, 3.8) is 0 Å². The lowest BCUT2D eigenvalue weighted by Gasteiger charge is -2.11. The molecule has 1 unspecified atom stereocenters. The van der Waals surface area contributed by atoms with Crippen molar-refractivity contribution in [2.24, 2.45) is 10.2 Å². The van der Waals surface area contributed by atoms with Gasteiger partial charge in [0.2, 0.25) is 10.0 Å². The van der Waals surface area contributed by atoms with E-state index in [2.05, 4.69) is 15.0 Å². The Bertz CT molecular complexity index is 924. The SMILES string of the molecule is CCC(C)NS(=O)(=O)c1ccc(/N=N/c2ccc(O)c(C(=O)O)c2)cc1. The minimum Gasteiger partial charge on any atom is -0.507 e. The van der Waals surface area contributed by atoms with Crippen LogP contribution in [-0.2, 0) is 10.0 Å². The lowest BCUT2D eigenvalue weighted by atomic mass is 10.2. The van der Waals surface area contributed by atoms with Gasteiger partial charge in [0.25, 0.3) is 0 Å². The van der Waals surface area contributed by atoms with E-state index >= 15 is 0 Å². The standard InChI is InChI=1S/C17H19N3O5S/c1-3-11(2)20-26(24,25)14-7-4-12(5-8-14)18-19-13-6-9-16(21)15(10-13)17(22)23/h4-11,20-21H,3H2,1-2H3,(H,22,23)/b19-18+. The second-order valence-electron chi connectivity index (χ2n) is 5.63. The summed E-state index contributed by atoms with van der Waals surface area (Å²) in [4.78, 5) is 11.1. The third-order valence-corrected chi connectivity index (χ3v) is 5.21. The van der Waals surface area contributed by atoms with Gasteiger partial charge in [0.15, 0.2) is 0 Å². The van der Waals surface area contributed by atoms with Crippen LogP contribution in [0.2, 0.25) is 0 Å². The average Bonchev–Trinajstić information content (AvgIpc) is 2.60. The molecule has 2 rings (SSSR count). The second kappa shape index (κ2) is 8.07. The number of sulfonamides is 1. The van der Waals surface area contributed by atoms with E-state index in [4.69, 9.17) is 5.11 Å². The fourth-order valence-electron chi connectivity index (χ4n) is 1.98. The van der Waals surface area contributed by atoms with Crippen LogP contribution in [0, 0.1) is 0 Å². The van der Waals surface area contributed by atoms with Crippen molar-refractivity contribution in [1.82, 2.24) is 4.72 Å². The van der Waals surface area contributed by atoms with Crippen molar-refractivity contribution < 1.29 is 23.4 Å². The van der Waals surface area contributed by atoms with Crippen LogP contribution in [0.15, 0.2) is 57.6 Å². The molecule has 0 aliphatic rings. The highest BCUT2D eigenvalue weighted by Crippen LogP contribution is 2.25. The van der Waals surface area contributed by atoms with Gasteiger partial charge >= 0.3 is 5.97 Å². The van der Waals surface area contributed by atoms with Crippen LogP contribution >= 0.6 is 0 Å². The first kappa shape index (κ1) is 19.5. The maximum Gasteiger partial charge on any atom is 0.339 e. The third-order valence-electron chi connectivity index (χ3n) is 3.61. The third kappa shape index (κ3) is 4.87. The zero-order chi connectivity index (χ0) is 19.3. The van der Waals surface area contributed by atoms with Crippen LogP contribution in [-0.4, -0.2) is 30.6 Å². The minimum absolute atomic E-state index is 0.120. The molecule has 2 aromatic carbocycles. The summed E-state index contributed by atoms with van der Waals surface area (Å²) in [6.07, 6.45) is 0.677. The molecule has 0 amide bonds. The van der Waals surface area contributed by atoms with Gasteiger partial charge in [-0.15, -0.1) is 0 Å². The Morgan fingerprint density at radius 1 is 1.12 bits per heavy atom. The molecule has 0 fully saturated rings. The molecule has 26 heavy (non-hydrogen) atoms. The van der Waals surface area contributed by atoms with E-state index in [1.54, 1.807) is 6.92 Å². The number of hydrogen-bond donors (Lipinski definition) is 3. The van der Waals surface area contributed by atoms with Crippen LogP contribution in [0.5, 0.6) is 5.75 Å². The quantitative estimate of drug-likeness (QED) is 0.635. The number of azo groups is 1. The molecule has 8 nitrogen and oxygen atoms in total. The fourth-order valence-corrected chi connectivity index (χ4v) is 3.31. The first-order valence-electron chi connectivity index (χ1n) is 7.83. The number of carboxylic acid groups (broad SMARTS) is 1. The van der Waals surface area contributed by atoms with Gasteiger partial charge in [-0.2, -0.15) is 10.2 Å². The molecule has 0 saturated heterocycles. The lowest BCUT2D eigenvalue weighted by molar-refractivity contribution is 0.0693. The molecule has 138 valence electrons. The maximum atomic E-state index is 12.2. The molecule has 0 aromatic heterocycles. The molecule has 0 aliphatic heterocycles. The molecule has 3 N–H and O–H groups in total. The summed E-state index contributed by atoms with van der Waals surface area (Å²) in [6.45, 7) is 3.67. The Hall–Kier alpha value is -2.78. The predicted molar refractivity (Wildman–Crippen MR) is 95.8 cm³/mol. The van der Waals surface area contributed by atoms with Gasteiger partial charge in [0.1, 0.15) is 11.3 Å². The second-order valence-corrected chi connectivity index (χ2v) is 7.35. The number of carboxylic acids is 1. The molecule has 1 atom stereocenters. The van der Waals surface area contributed by atoms with Gasteiger partial charge in [0, 0.05) is 6.04 Å². The summed E-state index contributed by atoms with van der Waals surface area (Å²) < 4.78 is 26.9. The van der Waals surface area contributed by atoms with Gasteiger partial charge in [-0.1, -0.05) is 6.92 Å². The number of carbonyl (C=O) groups is 1. The smallest absolute Gasteiger partial charge is 0.339 e. The molecule has 0 bridgehead atoms. The van der Waals surface area contributed by atoms with E-state index in [0.29, 0.717) is 12.1 Å². The van der Waals surface area contributed by atoms with Gasteiger partial charge in [-0.3, -0.25) is 0 Å². The number of hydrogen-bond acceptors (Lipinski definition) is 6. The molecule has 0 spiro atoms. The number of aromatic carboxylic acids is 1. The molecular formula is C17H19N3O5S. The van der Waals surface area contributed by atoms with Crippen LogP contribution in [0.4, 0.5) is 11.4 Å². The van der Waals surface area contributed by atoms with E-state index < -0.39 is 16.0 Å². The number of benzene rings is 2. The van der Waals surface area contributed by atoms with E-state index in [0.717, 1.165) is 0 Å². The number of nitrogens with one attached hydrogen (secondary N) is 1. The molecule has 9 heteroatoms. The monoisotopic (exact) mass is 377 g/mol. The summed E-state index contributed by atoms with van der Waals surface area (Å²) in [5.41, 5.74) is 0.367. The number of nitrogens with zero attached hydrogens (tertiary/aromatic N) is 2. The van der Waals surface area contributed by atoms with E-state index in [9.17, 15) is 18.3 Å². The Morgan fingerprint density at radius 3 is 2.27 bits per heavy atom. The highest BCUT2D eigenvalue weighted by Gasteiger charge is 2.16. The topological polar surface area (TPSA) is 128 Å². The van der Waals surface area contributed by atoms with Gasteiger partial charge in [-0.05, 0) is 55.8 Å². The predicted octanol–water partition coefficient (Wildman–Crippen LogP) is 3.58. The zero-order valence-electron chi connectivity index (χ0n) is 14.2. The van der Waals surface area contributed by atoms with Crippen LogP contribution in [0.1, 0.15) is 30.6 Å². The van der Waals surface area contributed by atoms with Crippen LogP contribution in [0.3, 0.4) is 0 Å². The van der Waals surface area contributed by atoms with E-state index in [1.807, 2.05) is 6.92 Å². The fraction of sp³-hybridized carbons (Fsp3) is 0.235. The summed E-state index contributed by atoms with van der Waals surface area (Å²) in [5, 5.41) is 26.3. The van der Waals surface area contributed by atoms with E-state index in [-0.39, 0.29) is 27.9 Å². The molecule has 0 aliphatic carbocycles. The molecular weight excluding hydrogens is 358 g/mol. The summed E-state index contributed by atoms with van der Waals surface area (Å²) in [7, 11) is -3.59. The summed E-state index contributed by atoms with van der Waals surface area (Å²) in [6, 6.07) is 9.47. The van der Waals surface area contributed by atoms with Crippen molar-refractivity contribution in [2.75, 3.05) is 0 Å². The Morgan fingerprint density at radius 2 is 1.69 bits per heavy atom. The highest BCUT2D eigenvalue weighted by molar-refractivity contribution is 7.89. The number of phenols is 1. The Kier molecular flexibility index (Phi) is 6.06. The van der Waals surface area contributed by atoms with Gasteiger partial charge < -0.3 is 10.2 Å². The number of rotatable bonds is 7. The largest absolute Gasteiger partial charge is 0.507 e. The lowest BCUT2D eigenvalue weighted by Crippen LogP contribution is -2.31. The molecule has 0 radical (unpaired) electrons. The van der Waals surface area contributed by atoms with Crippen molar-refractivity contribution in [3.05, 3.63) is 48.0 Å². The Balaban J connectivity index is 2.18. The molecule has 0 heterocycles. The van der Waals surface area contributed by atoms with E-state index in [1.165, 1.54) is 42.5 Å². The highest BCUT2D eigenvalue weighted by atomic mass is 32.2. The zero-order valence-corrected chi connectivity index (χ0v) is 15.1. The van der Waals surface area contributed by atoms with Crippen LogP contribution < -0.4 is 4.72 Å². The van der Waals surface area contributed by atoms with Crippen molar-refractivity contribution in [3.8, 4) is 5.75 Å². The van der Waals surface area contributed by atoms with Crippen molar-refractivity contribution in [2.45, 2.75) is 31.2 Å².